The Bertz CT molecular complexity index is 321. The van der Waals surface area contributed by atoms with Crippen molar-refractivity contribution >= 4 is 23.1 Å². The van der Waals surface area contributed by atoms with Gasteiger partial charge < -0.3 is 5.32 Å². The predicted octanol–water partition coefficient (Wildman–Crippen LogP) is 3.86. The molecule has 2 atom stereocenters. The molecular formula is C13H21NS2. The van der Waals surface area contributed by atoms with E-state index in [2.05, 4.69) is 29.9 Å². The number of thiophene rings is 1. The molecule has 0 spiro atoms. The molecule has 90 valence electrons. The van der Waals surface area contributed by atoms with Crippen LogP contribution in [0.25, 0.3) is 0 Å². The quantitative estimate of drug-likeness (QED) is 0.857. The minimum atomic E-state index is 0.618. The molecular weight excluding hydrogens is 234 g/mol. The molecule has 0 radical (unpaired) electrons. The lowest BCUT2D eigenvalue weighted by atomic mass is 9.93. The topological polar surface area (TPSA) is 12.0 Å². The number of nitrogens with one attached hydrogen (secondary N) is 1. The van der Waals surface area contributed by atoms with Crippen LogP contribution in [0, 0.1) is 0 Å². The van der Waals surface area contributed by atoms with Crippen molar-refractivity contribution in [1.82, 2.24) is 5.32 Å². The largest absolute Gasteiger partial charge is 0.306 e. The second-order valence-corrected chi connectivity index (χ2v) is 6.38. The Labute approximate surface area is 107 Å². The van der Waals surface area contributed by atoms with Crippen molar-refractivity contribution in [3.63, 3.8) is 0 Å². The highest BCUT2D eigenvalue weighted by Crippen LogP contribution is 2.33. The van der Waals surface area contributed by atoms with E-state index in [1.165, 1.54) is 31.4 Å². The predicted molar refractivity (Wildman–Crippen MR) is 75.6 cm³/mol. The zero-order chi connectivity index (χ0) is 11.4. The molecule has 1 aromatic rings. The van der Waals surface area contributed by atoms with Gasteiger partial charge in [-0.2, -0.15) is 11.8 Å². The molecule has 2 rings (SSSR count). The number of hydrogen-bond acceptors (Lipinski definition) is 3. The Kier molecular flexibility index (Phi) is 4.74. The highest BCUT2D eigenvalue weighted by molar-refractivity contribution is 7.98. The van der Waals surface area contributed by atoms with E-state index in [0.29, 0.717) is 12.1 Å². The van der Waals surface area contributed by atoms with Crippen molar-refractivity contribution in [3.05, 3.63) is 21.9 Å². The maximum atomic E-state index is 3.83. The Hall–Kier alpha value is 0.0100. The normalized spacial score (nSPS) is 21.8. The highest BCUT2D eigenvalue weighted by atomic mass is 32.2. The average molecular weight is 255 g/mol. The summed E-state index contributed by atoms with van der Waals surface area (Å²) in [6, 6.07) is 3.61. The lowest BCUT2D eigenvalue weighted by Crippen LogP contribution is -2.35. The van der Waals surface area contributed by atoms with Gasteiger partial charge in [0.25, 0.3) is 0 Å². The van der Waals surface area contributed by atoms with E-state index in [4.69, 9.17) is 0 Å². The fourth-order valence-electron chi connectivity index (χ4n) is 2.43. The first-order chi connectivity index (χ1) is 7.85. The van der Waals surface area contributed by atoms with Crippen molar-refractivity contribution in [2.45, 2.75) is 44.7 Å². The summed E-state index contributed by atoms with van der Waals surface area (Å²) in [5.41, 5.74) is 1.58. The molecule has 0 aromatic carbocycles. The van der Waals surface area contributed by atoms with Crippen LogP contribution in [0.2, 0.25) is 0 Å². The number of rotatable bonds is 5. The Balaban J connectivity index is 2.01. The molecule has 1 aromatic heterocycles. The van der Waals surface area contributed by atoms with Crippen LogP contribution in [-0.2, 0) is 6.42 Å². The summed E-state index contributed by atoms with van der Waals surface area (Å²) in [5, 5.41) is 6.08. The number of hydrogen-bond donors (Lipinski definition) is 1. The Morgan fingerprint density at radius 2 is 2.50 bits per heavy atom. The third-order valence-corrected chi connectivity index (χ3v) is 5.08. The highest BCUT2D eigenvalue weighted by Gasteiger charge is 2.22. The van der Waals surface area contributed by atoms with Gasteiger partial charge in [0.05, 0.1) is 0 Å². The second kappa shape index (κ2) is 6.08. The molecule has 1 N–H and O–H groups in total. The van der Waals surface area contributed by atoms with Gasteiger partial charge in [-0.3, -0.25) is 0 Å². The van der Waals surface area contributed by atoms with Crippen molar-refractivity contribution in [2.24, 2.45) is 0 Å². The summed E-state index contributed by atoms with van der Waals surface area (Å²) in [6.45, 7) is 2.28. The third-order valence-electron chi connectivity index (χ3n) is 3.35. The first-order valence-corrected chi connectivity index (χ1v) is 8.43. The molecule has 3 heteroatoms. The fourth-order valence-corrected chi connectivity index (χ4v) is 4.15. The summed E-state index contributed by atoms with van der Waals surface area (Å²) >= 11 is 3.88. The third kappa shape index (κ3) is 2.82. The Morgan fingerprint density at radius 3 is 3.25 bits per heavy atom. The van der Waals surface area contributed by atoms with Crippen LogP contribution in [0.1, 0.15) is 42.7 Å². The first kappa shape index (κ1) is 12.5. The Morgan fingerprint density at radius 1 is 1.62 bits per heavy atom. The number of fused-ring (bicyclic) bond motifs is 1. The van der Waals surface area contributed by atoms with Crippen LogP contribution in [0.5, 0.6) is 0 Å². The van der Waals surface area contributed by atoms with Gasteiger partial charge in [0.1, 0.15) is 0 Å². The van der Waals surface area contributed by atoms with Crippen LogP contribution < -0.4 is 5.32 Å². The summed E-state index contributed by atoms with van der Waals surface area (Å²) in [5.74, 6) is 1.23. The van der Waals surface area contributed by atoms with Gasteiger partial charge >= 0.3 is 0 Å². The summed E-state index contributed by atoms with van der Waals surface area (Å²) in [6.07, 6.45) is 7.39. The van der Waals surface area contributed by atoms with Gasteiger partial charge in [-0.15, -0.1) is 11.3 Å². The second-order valence-electron chi connectivity index (χ2n) is 4.47. The van der Waals surface area contributed by atoms with E-state index in [1.54, 1.807) is 10.4 Å². The van der Waals surface area contributed by atoms with Gasteiger partial charge in [-0.25, -0.2) is 0 Å². The van der Waals surface area contributed by atoms with Crippen LogP contribution in [-0.4, -0.2) is 18.1 Å². The van der Waals surface area contributed by atoms with E-state index < -0.39 is 0 Å². The summed E-state index contributed by atoms with van der Waals surface area (Å²) in [7, 11) is 0. The van der Waals surface area contributed by atoms with Crippen LogP contribution in [0.4, 0.5) is 0 Å². The standard InChI is InChI=1S/C13H21NS2/c1-3-10(9-15-2)14-12-5-4-6-13-11(12)7-8-16-13/h7-8,10,12,14H,3-6,9H2,1-2H3. The number of aryl methyl sites for hydroxylation is 1. The van der Waals surface area contributed by atoms with Gasteiger partial charge in [0.15, 0.2) is 0 Å². The van der Waals surface area contributed by atoms with Crippen molar-refractivity contribution in [3.8, 4) is 0 Å². The fraction of sp³-hybridized carbons (Fsp3) is 0.692. The molecule has 0 saturated carbocycles. The van der Waals surface area contributed by atoms with E-state index in [-0.39, 0.29) is 0 Å². The van der Waals surface area contributed by atoms with E-state index in [1.807, 2.05) is 23.1 Å². The molecule has 0 fully saturated rings. The van der Waals surface area contributed by atoms with E-state index >= 15 is 0 Å². The monoisotopic (exact) mass is 255 g/mol. The molecule has 0 amide bonds. The molecule has 0 saturated heterocycles. The van der Waals surface area contributed by atoms with E-state index in [9.17, 15) is 0 Å². The van der Waals surface area contributed by atoms with Crippen LogP contribution in [0.15, 0.2) is 11.4 Å². The van der Waals surface area contributed by atoms with Gasteiger partial charge in [-0.1, -0.05) is 6.92 Å². The zero-order valence-corrected chi connectivity index (χ0v) is 11.8. The van der Waals surface area contributed by atoms with Gasteiger partial charge in [0, 0.05) is 22.7 Å². The van der Waals surface area contributed by atoms with Gasteiger partial charge in [-0.05, 0) is 48.9 Å². The van der Waals surface area contributed by atoms with Crippen LogP contribution >= 0.6 is 23.1 Å². The van der Waals surface area contributed by atoms with Crippen LogP contribution in [0.3, 0.4) is 0 Å². The molecule has 1 aliphatic rings. The molecule has 2 unspecified atom stereocenters. The minimum Gasteiger partial charge on any atom is -0.306 e. The summed E-state index contributed by atoms with van der Waals surface area (Å²) < 4.78 is 0. The van der Waals surface area contributed by atoms with Crippen molar-refractivity contribution in [1.29, 1.82) is 0 Å². The first-order valence-electron chi connectivity index (χ1n) is 6.16. The zero-order valence-electron chi connectivity index (χ0n) is 10.2. The number of thioether (sulfide) groups is 1. The smallest absolute Gasteiger partial charge is 0.0334 e. The molecule has 1 nitrogen and oxygen atoms in total. The average Bonchev–Trinajstić information content (AvgIpc) is 2.77. The van der Waals surface area contributed by atoms with Crippen molar-refractivity contribution < 1.29 is 0 Å². The SMILES string of the molecule is CCC(CSC)NC1CCCc2sccc21. The van der Waals surface area contributed by atoms with E-state index in [0.717, 1.165) is 0 Å². The molecule has 1 heterocycles. The summed E-state index contributed by atoms with van der Waals surface area (Å²) in [4.78, 5) is 1.61. The minimum absolute atomic E-state index is 0.618. The molecule has 0 aliphatic heterocycles. The lowest BCUT2D eigenvalue weighted by Gasteiger charge is -2.28. The molecule has 0 bridgehead atoms. The maximum Gasteiger partial charge on any atom is 0.0334 e. The molecule has 16 heavy (non-hydrogen) atoms. The molecule has 1 aliphatic carbocycles. The maximum absolute atomic E-state index is 3.83. The van der Waals surface area contributed by atoms with Crippen molar-refractivity contribution in [2.75, 3.05) is 12.0 Å². The lowest BCUT2D eigenvalue weighted by molar-refractivity contribution is 0.408. The van der Waals surface area contributed by atoms with Gasteiger partial charge in [0.2, 0.25) is 0 Å².